The fourth-order valence-electron chi connectivity index (χ4n) is 3.67. The van der Waals surface area contributed by atoms with Gasteiger partial charge < -0.3 is 14.8 Å². The van der Waals surface area contributed by atoms with Gasteiger partial charge in [-0.05, 0) is 45.2 Å². The van der Waals surface area contributed by atoms with Gasteiger partial charge in [0.2, 0.25) is 0 Å². The molecule has 3 rings (SSSR count). The Morgan fingerprint density at radius 2 is 2.21 bits per heavy atom. The highest BCUT2D eigenvalue weighted by molar-refractivity contribution is 5.93. The number of carbonyl (C=O) groups is 1. The van der Waals surface area contributed by atoms with Gasteiger partial charge in [-0.1, -0.05) is 0 Å². The first-order valence-electron chi connectivity index (χ1n) is 7.29. The van der Waals surface area contributed by atoms with Crippen LogP contribution in [0.1, 0.15) is 43.7 Å². The molecular formula is C15H23N3O. The summed E-state index contributed by atoms with van der Waals surface area (Å²) in [5.41, 5.74) is 0.828. The van der Waals surface area contributed by atoms with Gasteiger partial charge in [0.25, 0.3) is 5.91 Å². The third-order valence-corrected chi connectivity index (χ3v) is 4.57. The molecule has 1 aromatic heterocycles. The minimum atomic E-state index is 0.197. The molecule has 0 aromatic carbocycles. The highest BCUT2D eigenvalue weighted by atomic mass is 16.2. The first kappa shape index (κ1) is 12.7. The Morgan fingerprint density at radius 3 is 2.95 bits per heavy atom. The van der Waals surface area contributed by atoms with E-state index in [0.29, 0.717) is 24.0 Å². The summed E-state index contributed by atoms with van der Waals surface area (Å²) in [5.74, 6) is 0.837. The maximum absolute atomic E-state index is 12.9. The summed E-state index contributed by atoms with van der Waals surface area (Å²) >= 11 is 0. The highest BCUT2D eigenvalue weighted by Crippen LogP contribution is 2.33. The molecule has 0 spiro atoms. The van der Waals surface area contributed by atoms with Crippen LogP contribution >= 0.6 is 0 Å². The first-order valence-corrected chi connectivity index (χ1v) is 7.29. The number of amides is 1. The Hall–Kier alpha value is -1.29. The summed E-state index contributed by atoms with van der Waals surface area (Å²) in [5, 5.41) is 3.41. The number of nitrogens with zero attached hydrogens (tertiary/aromatic N) is 2. The van der Waals surface area contributed by atoms with Gasteiger partial charge in [0, 0.05) is 37.4 Å². The van der Waals surface area contributed by atoms with Crippen LogP contribution in [0.2, 0.25) is 0 Å². The van der Waals surface area contributed by atoms with Gasteiger partial charge in [-0.25, -0.2) is 0 Å². The second-order valence-corrected chi connectivity index (χ2v) is 6.18. The molecule has 0 radical (unpaired) electrons. The van der Waals surface area contributed by atoms with E-state index < -0.39 is 0 Å². The molecular weight excluding hydrogens is 238 g/mol. The van der Waals surface area contributed by atoms with Gasteiger partial charge in [0.15, 0.2) is 0 Å². The lowest BCUT2D eigenvalue weighted by atomic mass is 10.0. The SMILES string of the molecule is CC1CC2CNCC2N1C(=O)c1cccn1C(C)C. The summed E-state index contributed by atoms with van der Waals surface area (Å²) in [4.78, 5) is 15.0. The van der Waals surface area contributed by atoms with Crippen LogP contribution in [-0.4, -0.2) is 40.5 Å². The second kappa shape index (κ2) is 4.67. The molecule has 2 fully saturated rings. The van der Waals surface area contributed by atoms with Crippen LogP contribution in [0.3, 0.4) is 0 Å². The van der Waals surface area contributed by atoms with Crippen LogP contribution in [0, 0.1) is 5.92 Å². The van der Waals surface area contributed by atoms with Crippen LogP contribution < -0.4 is 5.32 Å². The van der Waals surface area contributed by atoms with E-state index in [1.807, 2.05) is 18.3 Å². The van der Waals surface area contributed by atoms with E-state index in [1.165, 1.54) is 0 Å². The van der Waals surface area contributed by atoms with Crippen molar-refractivity contribution in [2.24, 2.45) is 5.92 Å². The number of likely N-dealkylation sites (tertiary alicyclic amines) is 1. The molecule has 0 saturated carbocycles. The maximum atomic E-state index is 12.9. The number of rotatable bonds is 2. The molecule has 3 heterocycles. The van der Waals surface area contributed by atoms with Gasteiger partial charge in [-0.15, -0.1) is 0 Å². The minimum absolute atomic E-state index is 0.197. The largest absolute Gasteiger partial charge is 0.341 e. The molecule has 2 aliphatic rings. The van der Waals surface area contributed by atoms with Crippen molar-refractivity contribution in [1.29, 1.82) is 0 Å². The molecule has 104 valence electrons. The number of carbonyl (C=O) groups excluding carboxylic acids is 1. The summed E-state index contributed by atoms with van der Waals surface area (Å²) in [6.45, 7) is 8.42. The molecule has 2 aliphatic heterocycles. The standard InChI is InChI=1S/C15H23N3O/c1-10(2)17-6-4-5-13(17)15(19)18-11(3)7-12-8-16-9-14(12)18/h4-6,10-12,14,16H,7-9H2,1-3H3. The van der Waals surface area contributed by atoms with Crippen molar-refractivity contribution in [3.8, 4) is 0 Å². The molecule has 2 saturated heterocycles. The van der Waals surface area contributed by atoms with Crippen molar-refractivity contribution in [3.05, 3.63) is 24.0 Å². The third-order valence-electron chi connectivity index (χ3n) is 4.57. The fraction of sp³-hybridized carbons (Fsp3) is 0.667. The average molecular weight is 261 g/mol. The quantitative estimate of drug-likeness (QED) is 0.882. The highest BCUT2D eigenvalue weighted by Gasteiger charge is 2.44. The van der Waals surface area contributed by atoms with Gasteiger partial charge >= 0.3 is 0 Å². The number of fused-ring (bicyclic) bond motifs is 1. The van der Waals surface area contributed by atoms with Crippen molar-refractivity contribution in [2.75, 3.05) is 13.1 Å². The maximum Gasteiger partial charge on any atom is 0.271 e. The van der Waals surface area contributed by atoms with E-state index in [0.717, 1.165) is 25.2 Å². The molecule has 3 unspecified atom stereocenters. The zero-order valence-electron chi connectivity index (χ0n) is 12.0. The zero-order chi connectivity index (χ0) is 13.6. The number of hydrogen-bond donors (Lipinski definition) is 1. The topological polar surface area (TPSA) is 37.3 Å². The minimum Gasteiger partial charge on any atom is -0.341 e. The summed E-state index contributed by atoms with van der Waals surface area (Å²) in [6.07, 6.45) is 3.13. The Labute approximate surface area is 114 Å². The Morgan fingerprint density at radius 1 is 1.42 bits per heavy atom. The fourth-order valence-corrected chi connectivity index (χ4v) is 3.67. The van der Waals surface area contributed by atoms with Gasteiger partial charge in [-0.3, -0.25) is 4.79 Å². The van der Waals surface area contributed by atoms with E-state index in [2.05, 4.69) is 35.6 Å². The van der Waals surface area contributed by atoms with Gasteiger partial charge in [-0.2, -0.15) is 0 Å². The van der Waals surface area contributed by atoms with Crippen molar-refractivity contribution in [2.45, 2.75) is 45.3 Å². The molecule has 1 N–H and O–H groups in total. The Bertz CT molecular complexity index is 479. The molecule has 1 aromatic rings. The lowest BCUT2D eigenvalue weighted by molar-refractivity contribution is 0.0669. The van der Waals surface area contributed by atoms with E-state index in [4.69, 9.17) is 0 Å². The molecule has 3 atom stereocenters. The number of aromatic nitrogens is 1. The van der Waals surface area contributed by atoms with Crippen LogP contribution in [0.25, 0.3) is 0 Å². The van der Waals surface area contributed by atoms with E-state index in [-0.39, 0.29) is 5.91 Å². The van der Waals surface area contributed by atoms with Crippen LogP contribution in [0.5, 0.6) is 0 Å². The monoisotopic (exact) mass is 261 g/mol. The number of nitrogens with one attached hydrogen (secondary N) is 1. The first-order chi connectivity index (χ1) is 9.09. The third kappa shape index (κ3) is 1.98. The Balaban J connectivity index is 1.89. The smallest absolute Gasteiger partial charge is 0.271 e. The molecule has 19 heavy (non-hydrogen) atoms. The molecule has 0 aliphatic carbocycles. The van der Waals surface area contributed by atoms with Crippen molar-refractivity contribution in [3.63, 3.8) is 0 Å². The number of hydrogen-bond acceptors (Lipinski definition) is 2. The van der Waals surface area contributed by atoms with Gasteiger partial charge in [0.05, 0.1) is 0 Å². The molecule has 1 amide bonds. The Kier molecular flexibility index (Phi) is 3.13. The summed E-state index contributed by atoms with van der Waals surface area (Å²) < 4.78 is 2.07. The normalized spacial score (nSPS) is 30.1. The van der Waals surface area contributed by atoms with Crippen LogP contribution in [0.4, 0.5) is 0 Å². The summed E-state index contributed by atoms with van der Waals surface area (Å²) in [6, 6.07) is 4.99. The zero-order valence-corrected chi connectivity index (χ0v) is 12.0. The van der Waals surface area contributed by atoms with E-state index in [9.17, 15) is 4.79 Å². The summed E-state index contributed by atoms with van der Waals surface area (Å²) in [7, 11) is 0. The second-order valence-electron chi connectivity index (χ2n) is 6.18. The average Bonchev–Trinajstić information content (AvgIpc) is 3.00. The van der Waals surface area contributed by atoms with Gasteiger partial charge in [0.1, 0.15) is 5.69 Å². The lowest BCUT2D eigenvalue weighted by Crippen LogP contribution is -2.43. The van der Waals surface area contributed by atoms with Crippen molar-refractivity contribution >= 4 is 5.91 Å². The molecule has 4 heteroatoms. The van der Waals surface area contributed by atoms with Crippen molar-refractivity contribution < 1.29 is 4.79 Å². The van der Waals surface area contributed by atoms with Crippen LogP contribution in [0.15, 0.2) is 18.3 Å². The van der Waals surface area contributed by atoms with E-state index >= 15 is 0 Å². The molecule has 0 bridgehead atoms. The predicted octanol–water partition coefficient (Wildman–Crippen LogP) is 1.89. The molecule has 4 nitrogen and oxygen atoms in total. The van der Waals surface area contributed by atoms with Crippen molar-refractivity contribution in [1.82, 2.24) is 14.8 Å². The van der Waals surface area contributed by atoms with E-state index in [1.54, 1.807) is 0 Å². The lowest BCUT2D eigenvalue weighted by Gasteiger charge is -2.28. The predicted molar refractivity (Wildman–Crippen MR) is 75.2 cm³/mol. The van der Waals surface area contributed by atoms with Crippen LogP contribution in [-0.2, 0) is 0 Å².